The van der Waals surface area contributed by atoms with Crippen LogP contribution in [-0.4, -0.2) is 65.6 Å². The molecule has 0 saturated heterocycles. The lowest BCUT2D eigenvalue weighted by atomic mass is 9.97. The third kappa shape index (κ3) is 8.00. The molecule has 200 valence electrons. The summed E-state index contributed by atoms with van der Waals surface area (Å²) in [6.07, 6.45) is -3.85. The van der Waals surface area contributed by atoms with Crippen LogP contribution in [0.25, 0.3) is 0 Å². The highest BCUT2D eigenvalue weighted by atomic mass is 19.4. The number of nitrogens with zero attached hydrogens (tertiary/aromatic N) is 1. The minimum absolute atomic E-state index is 0.0383. The molecule has 10 nitrogen and oxygen atoms in total. The Morgan fingerprint density at radius 3 is 2.11 bits per heavy atom. The van der Waals surface area contributed by atoms with E-state index in [0.717, 1.165) is 0 Å². The highest BCUT2D eigenvalue weighted by molar-refractivity contribution is 5.98. The van der Waals surface area contributed by atoms with E-state index in [1.54, 1.807) is 6.07 Å². The number of ketones is 1. The molecule has 2 rings (SSSR count). The van der Waals surface area contributed by atoms with Gasteiger partial charge in [0.1, 0.15) is 23.5 Å². The first kappa shape index (κ1) is 29.2. The monoisotopic (exact) mass is 524 g/mol. The van der Waals surface area contributed by atoms with Gasteiger partial charge in [-0.1, -0.05) is 32.0 Å². The van der Waals surface area contributed by atoms with Crippen LogP contribution in [0, 0.1) is 5.92 Å². The molecule has 3 atom stereocenters. The van der Waals surface area contributed by atoms with Crippen LogP contribution in [0.3, 0.4) is 0 Å². The Balaban J connectivity index is 2.31. The van der Waals surface area contributed by atoms with Crippen molar-refractivity contribution < 1.29 is 42.2 Å². The number of aliphatic hydroxyl groups excluding tert-OH is 1. The molecule has 13 heteroatoms. The quantitative estimate of drug-likeness (QED) is 0.347. The predicted molar refractivity (Wildman–Crippen MR) is 124 cm³/mol. The third-order valence-electron chi connectivity index (χ3n) is 5.23. The van der Waals surface area contributed by atoms with E-state index in [0.29, 0.717) is 5.75 Å². The summed E-state index contributed by atoms with van der Waals surface area (Å²) >= 11 is 0. The molecular weight excluding hydrogens is 497 g/mol. The number of pyridine rings is 1. The Labute approximate surface area is 210 Å². The number of hydrogen-bond donors (Lipinski definition) is 4. The second-order valence-electron chi connectivity index (χ2n) is 8.23. The molecule has 0 aliphatic rings. The third-order valence-corrected chi connectivity index (χ3v) is 5.23. The van der Waals surface area contributed by atoms with Crippen LogP contribution >= 0.6 is 0 Å². The summed E-state index contributed by atoms with van der Waals surface area (Å²) in [5, 5.41) is 16.3. The van der Waals surface area contributed by atoms with Crippen LogP contribution in [0.4, 0.5) is 13.2 Å². The van der Waals surface area contributed by atoms with Crippen LogP contribution in [0.5, 0.6) is 5.75 Å². The minimum atomic E-state index is -5.20. The minimum Gasteiger partial charge on any atom is -0.497 e. The topological polar surface area (TPSA) is 147 Å². The van der Waals surface area contributed by atoms with Gasteiger partial charge in [-0.2, -0.15) is 13.2 Å². The van der Waals surface area contributed by atoms with Gasteiger partial charge in [-0.3, -0.25) is 24.2 Å². The van der Waals surface area contributed by atoms with Crippen molar-refractivity contribution in [1.82, 2.24) is 20.9 Å². The van der Waals surface area contributed by atoms with E-state index in [-0.39, 0.29) is 11.3 Å². The van der Waals surface area contributed by atoms with Gasteiger partial charge >= 0.3 is 6.18 Å². The van der Waals surface area contributed by atoms with Crippen LogP contribution in [0.2, 0.25) is 0 Å². The molecular formula is C24H27F3N4O6. The zero-order valence-corrected chi connectivity index (χ0v) is 20.2. The molecule has 0 fully saturated rings. The maximum Gasteiger partial charge on any atom is 0.452 e. The number of benzene rings is 1. The number of carbonyl (C=O) groups is 4. The summed E-state index contributed by atoms with van der Waals surface area (Å²) in [5.41, 5.74) is 0.102. The van der Waals surface area contributed by atoms with Crippen molar-refractivity contribution in [2.24, 2.45) is 5.92 Å². The second kappa shape index (κ2) is 12.8. The summed E-state index contributed by atoms with van der Waals surface area (Å²) in [6, 6.07) is 5.14. The zero-order valence-electron chi connectivity index (χ0n) is 20.2. The SMILES string of the molecule is COc1ccc([C@H](NC(=O)[C@H](CO)NC(=O)c2ccccn2)C(=O)N[C@H](C(=O)C(F)(F)F)C(C)C)cc1. The van der Waals surface area contributed by atoms with Gasteiger partial charge in [-0.25, -0.2) is 0 Å². The number of nitrogens with one attached hydrogen (secondary N) is 3. The van der Waals surface area contributed by atoms with Crippen LogP contribution in [0.1, 0.15) is 35.9 Å². The Kier molecular flexibility index (Phi) is 10.1. The molecule has 0 aliphatic carbocycles. The standard InChI is InChI=1S/C24H27F3N4O6/c1-13(2)18(20(33)24(25,26)27)30-23(36)19(14-7-9-15(37-3)10-8-14)31-22(35)17(12-32)29-21(34)16-6-4-5-11-28-16/h4-11,13,17-19,32H,12H2,1-3H3,(H,29,34)(H,30,36)(H,31,35)/t17-,18-,19-/m0/s1. The fourth-order valence-corrected chi connectivity index (χ4v) is 3.21. The predicted octanol–water partition coefficient (Wildman–Crippen LogP) is 1.31. The molecule has 0 spiro atoms. The number of Topliss-reactive ketones (excluding diaryl/α,β-unsaturated/α-hetero) is 1. The Bertz CT molecular complexity index is 1090. The number of carbonyl (C=O) groups excluding carboxylic acids is 4. The number of hydrogen-bond acceptors (Lipinski definition) is 7. The van der Waals surface area contributed by atoms with Gasteiger partial charge in [-0.05, 0) is 35.7 Å². The van der Waals surface area contributed by atoms with E-state index in [1.165, 1.54) is 63.6 Å². The first-order valence-electron chi connectivity index (χ1n) is 11.1. The maximum atomic E-state index is 13.1. The summed E-state index contributed by atoms with van der Waals surface area (Å²) in [5.74, 6) is -5.57. The van der Waals surface area contributed by atoms with Gasteiger partial charge in [0.25, 0.3) is 11.7 Å². The molecule has 1 aromatic heterocycles. The Hall–Kier alpha value is -4.00. The lowest BCUT2D eigenvalue weighted by Gasteiger charge is -2.27. The number of ether oxygens (including phenoxy) is 1. The molecule has 3 amide bonds. The normalized spacial score (nSPS) is 13.7. The van der Waals surface area contributed by atoms with E-state index >= 15 is 0 Å². The summed E-state index contributed by atoms with van der Waals surface area (Å²) < 4.78 is 44.3. The fourth-order valence-electron chi connectivity index (χ4n) is 3.21. The van der Waals surface area contributed by atoms with Crippen molar-refractivity contribution in [3.05, 3.63) is 59.9 Å². The highest BCUT2D eigenvalue weighted by Gasteiger charge is 2.45. The number of halogens is 3. The van der Waals surface area contributed by atoms with E-state index < -0.39 is 60.3 Å². The number of rotatable bonds is 11. The summed E-state index contributed by atoms with van der Waals surface area (Å²) in [4.78, 5) is 54.1. The van der Waals surface area contributed by atoms with Gasteiger partial charge in [0.05, 0.1) is 19.8 Å². The highest BCUT2D eigenvalue weighted by Crippen LogP contribution is 2.23. The molecule has 2 aromatic rings. The largest absolute Gasteiger partial charge is 0.497 e. The summed E-state index contributed by atoms with van der Waals surface area (Å²) in [6.45, 7) is 1.79. The molecule has 1 heterocycles. The first-order chi connectivity index (χ1) is 17.4. The molecule has 0 aliphatic heterocycles. The van der Waals surface area contributed by atoms with Gasteiger partial charge in [0.15, 0.2) is 0 Å². The number of alkyl halides is 3. The van der Waals surface area contributed by atoms with E-state index in [4.69, 9.17) is 4.74 Å². The Morgan fingerprint density at radius 2 is 1.62 bits per heavy atom. The maximum absolute atomic E-state index is 13.1. The molecule has 0 radical (unpaired) electrons. The van der Waals surface area contributed by atoms with Gasteiger partial charge in [0, 0.05) is 6.20 Å². The number of methoxy groups -OCH3 is 1. The average Bonchev–Trinajstić information content (AvgIpc) is 2.88. The van der Waals surface area contributed by atoms with Crippen molar-refractivity contribution in [3.63, 3.8) is 0 Å². The lowest BCUT2D eigenvalue weighted by Crippen LogP contribution is -2.55. The van der Waals surface area contributed by atoms with Gasteiger partial charge in [0.2, 0.25) is 11.8 Å². The second-order valence-corrected chi connectivity index (χ2v) is 8.23. The van der Waals surface area contributed by atoms with E-state index in [9.17, 15) is 37.5 Å². The van der Waals surface area contributed by atoms with Crippen LogP contribution in [-0.2, 0) is 14.4 Å². The van der Waals surface area contributed by atoms with Crippen LogP contribution < -0.4 is 20.7 Å². The molecule has 0 unspecified atom stereocenters. The van der Waals surface area contributed by atoms with Crippen molar-refractivity contribution in [2.45, 2.75) is 38.1 Å². The number of aromatic nitrogens is 1. The van der Waals surface area contributed by atoms with E-state index in [1.807, 2.05) is 0 Å². The van der Waals surface area contributed by atoms with Gasteiger partial charge < -0.3 is 25.8 Å². The fraction of sp³-hybridized carbons (Fsp3) is 0.375. The van der Waals surface area contributed by atoms with Crippen molar-refractivity contribution in [3.8, 4) is 5.75 Å². The van der Waals surface area contributed by atoms with Crippen molar-refractivity contribution in [2.75, 3.05) is 13.7 Å². The molecule has 0 saturated carbocycles. The molecule has 0 bridgehead atoms. The number of aliphatic hydroxyl groups is 1. The van der Waals surface area contributed by atoms with Gasteiger partial charge in [-0.15, -0.1) is 0 Å². The molecule has 1 aromatic carbocycles. The first-order valence-corrected chi connectivity index (χ1v) is 11.1. The zero-order chi connectivity index (χ0) is 27.8. The smallest absolute Gasteiger partial charge is 0.452 e. The van der Waals surface area contributed by atoms with Crippen molar-refractivity contribution in [1.29, 1.82) is 0 Å². The van der Waals surface area contributed by atoms with Crippen molar-refractivity contribution >= 4 is 23.5 Å². The number of amides is 3. The molecule has 4 N–H and O–H groups in total. The Morgan fingerprint density at radius 1 is 0.973 bits per heavy atom. The van der Waals surface area contributed by atoms with E-state index in [2.05, 4.69) is 20.9 Å². The summed E-state index contributed by atoms with van der Waals surface area (Å²) in [7, 11) is 1.40. The lowest BCUT2D eigenvalue weighted by molar-refractivity contribution is -0.175. The average molecular weight is 524 g/mol. The molecule has 37 heavy (non-hydrogen) atoms. The van der Waals surface area contributed by atoms with Crippen LogP contribution in [0.15, 0.2) is 48.7 Å².